The molecule has 2 aromatic rings. The number of halogens is 1. The van der Waals surface area contributed by atoms with Gasteiger partial charge in [0.15, 0.2) is 17.4 Å². The maximum absolute atomic E-state index is 13.7. The van der Waals surface area contributed by atoms with Crippen molar-refractivity contribution in [3.8, 4) is 5.75 Å². The zero-order valence-electron chi connectivity index (χ0n) is 10.7. The lowest BCUT2D eigenvalue weighted by Crippen LogP contribution is -2.12. The van der Waals surface area contributed by atoms with Gasteiger partial charge in [-0.2, -0.15) is 0 Å². The third kappa shape index (κ3) is 3.25. The van der Waals surface area contributed by atoms with Crippen LogP contribution in [0.5, 0.6) is 5.75 Å². The van der Waals surface area contributed by atoms with Crippen molar-refractivity contribution in [2.24, 2.45) is 5.73 Å². The van der Waals surface area contributed by atoms with E-state index < -0.39 is 0 Å². The van der Waals surface area contributed by atoms with Crippen LogP contribution in [-0.4, -0.2) is 33.4 Å². The van der Waals surface area contributed by atoms with Crippen LogP contribution in [-0.2, 0) is 13.0 Å². The molecule has 0 aliphatic rings. The van der Waals surface area contributed by atoms with Crippen LogP contribution >= 0.6 is 0 Å². The predicted octanol–water partition coefficient (Wildman–Crippen LogP) is 0.760. The van der Waals surface area contributed by atoms with Gasteiger partial charge in [-0.05, 0) is 41.6 Å². The molecule has 1 aromatic carbocycles. The number of benzene rings is 1. The lowest BCUT2D eigenvalue weighted by atomic mass is 10.2. The molecule has 19 heavy (non-hydrogen) atoms. The van der Waals surface area contributed by atoms with Crippen molar-refractivity contribution < 1.29 is 9.13 Å². The first-order valence-electron chi connectivity index (χ1n) is 6.11. The van der Waals surface area contributed by atoms with Crippen LogP contribution in [0.15, 0.2) is 18.2 Å². The van der Waals surface area contributed by atoms with Crippen LogP contribution in [0.3, 0.4) is 0 Å². The van der Waals surface area contributed by atoms with Gasteiger partial charge in [0.2, 0.25) is 0 Å². The highest BCUT2D eigenvalue weighted by atomic mass is 19.1. The van der Waals surface area contributed by atoms with Crippen LogP contribution in [0.25, 0.3) is 0 Å². The molecule has 1 heterocycles. The van der Waals surface area contributed by atoms with E-state index >= 15 is 0 Å². The average molecular weight is 265 g/mol. The molecular formula is C12H16FN5O. The Hall–Kier alpha value is -2.02. The molecule has 6 nitrogen and oxygen atoms in total. The molecule has 0 spiro atoms. The topological polar surface area (TPSA) is 78.8 Å². The largest absolute Gasteiger partial charge is 0.491 e. The number of tetrazole rings is 1. The second-order valence-electron chi connectivity index (χ2n) is 3.99. The third-order valence-corrected chi connectivity index (χ3v) is 2.60. The van der Waals surface area contributed by atoms with E-state index in [-0.39, 0.29) is 11.6 Å². The molecule has 102 valence electrons. The summed E-state index contributed by atoms with van der Waals surface area (Å²) < 4.78 is 20.5. The minimum absolute atomic E-state index is 0.255. The minimum Gasteiger partial charge on any atom is -0.491 e. The van der Waals surface area contributed by atoms with E-state index in [9.17, 15) is 4.39 Å². The minimum atomic E-state index is -0.382. The summed E-state index contributed by atoms with van der Waals surface area (Å²) >= 11 is 0. The van der Waals surface area contributed by atoms with Gasteiger partial charge in [0.25, 0.3) is 0 Å². The quantitative estimate of drug-likeness (QED) is 0.834. The normalized spacial score (nSPS) is 10.7. The zero-order chi connectivity index (χ0) is 13.7. The Morgan fingerprint density at radius 3 is 2.95 bits per heavy atom. The first kappa shape index (κ1) is 13.4. The standard InChI is InChI=1S/C12H16FN5O/c1-2-19-11-4-3-9(7-10(11)13)8-18-12(5-6-14)15-16-17-18/h3-4,7H,2,5-6,8,14H2,1H3. The van der Waals surface area contributed by atoms with Crippen LogP contribution < -0.4 is 10.5 Å². The van der Waals surface area contributed by atoms with Crippen LogP contribution in [0.4, 0.5) is 4.39 Å². The molecule has 0 atom stereocenters. The van der Waals surface area contributed by atoms with Gasteiger partial charge >= 0.3 is 0 Å². The third-order valence-electron chi connectivity index (χ3n) is 2.60. The van der Waals surface area contributed by atoms with Crippen molar-refractivity contribution in [1.82, 2.24) is 20.2 Å². The predicted molar refractivity (Wildman–Crippen MR) is 67.2 cm³/mol. The molecule has 0 aliphatic carbocycles. The summed E-state index contributed by atoms with van der Waals surface area (Å²) in [7, 11) is 0. The van der Waals surface area contributed by atoms with Gasteiger partial charge < -0.3 is 10.5 Å². The summed E-state index contributed by atoms with van der Waals surface area (Å²) in [6, 6.07) is 4.84. The number of ether oxygens (including phenoxy) is 1. The molecule has 0 radical (unpaired) electrons. The number of nitrogens with two attached hydrogens (primary N) is 1. The maximum Gasteiger partial charge on any atom is 0.165 e. The van der Waals surface area contributed by atoms with Crippen LogP contribution in [0, 0.1) is 5.82 Å². The Morgan fingerprint density at radius 1 is 1.42 bits per heavy atom. The van der Waals surface area contributed by atoms with Crippen LogP contribution in [0.1, 0.15) is 18.3 Å². The lowest BCUT2D eigenvalue weighted by molar-refractivity contribution is 0.321. The van der Waals surface area contributed by atoms with Crippen LogP contribution in [0.2, 0.25) is 0 Å². The maximum atomic E-state index is 13.7. The number of hydrogen-bond acceptors (Lipinski definition) is 5. The fourth-order valence-electron chi connectivity index (χ4n) is 1.74. The van der Waals surface area contributed by atoms with Gasteiger partial charge in [-0.15, -0.1) is 5.10 Å². The van der Waals surface area contributed by atoms with Gasteiger partial charge in [0.05, 0.1) is 13.2 Å². The van der Waals surface area contributed by atoms with Crippen molar-refractivity contribution in [1.29, 1.82) is 0 Å². The van der Waals surface area contributed by atoms with Gasteiger partial charge in [0.1, 0.15) is 0 Å². The zero-order valence-corrected chi connectivity index (χ0v) is 10.7. The summed E-state index contributed by atoms with van der Waals surface area (Å²) in [5.74, 6) is 0.565. The van der Waals surface area contributed by atoms with E-state index in [0.717, 1.165) is 5.56 Å². The molecule has 7 heteroatoms. The van der Waals surface area contributed by atoms with Gasteiger partial charge in [-0.25, -0.2) is 9.07 Å². The van der Waals surface area contributed by atoms with Gasteiger partial charge in [-0.3, -0.25) is 0 Å². The summed E-state index contributed by atoms with van der Waals surface area (Å²) in [6.07, 6.45) is 0.590. The second kappa shape index (κ2) is 6.24. The molecule has 0 bridgehead atoms. The number of rotatable bonds is 6. The summed E-state index contributed by atoms with van der Waals surface area (Å²) in [4.78, 5) is 0. The molecule has 2 rings (SSSR count). The highest BCUT2D eigenvalue weighted by Crippen LogP contribution is 2.18. The summed E-state index contributed by atoms with van der Waals surface area (Å²) in [5.41, 5.74) is 6.24. The molecule has 2 N–H and O–H groups in total. The van der Waals surface area contributed by atoms with Gasteiger partial charge in [0, 0.05) is 6.42 Å². The van der Waals surface area contributed by atoms with E-state index in [1.54, 1.807) is 16.8 Å². The Bertz CT molecular complexity index is 543. The first-order valence-corrected chi connectivity index (χ1v) is 6.11. The van der Waals surface area contributed by atoms with Crippen molar-refractivity contribution in [2.75, 3.05) is 13.2 Å². The van der Waals surface area contributed by atoms with E-state index in [4.69, 9.17) is 10.5 Å². The molecule has 1 aromatic heterocycles. The fourth-order valence-corrected chi connectivity index (χ4v) is 1.74. The SMILES string of the molecule is CCOc1ccc(Cn2nnnc2CCN)cc1F. The molecule has 0 unspecified atom stereocenters. The van der Waals surface area contributed by atoms with Crippen molar-refractivity contribution in [2.45, 2.75) is 19.9 Å². The average Bonchev–Trinajstić information content (AvgIpc) is 2.81. The molecule has 0 saturated carbocycles. The second-order valence-corrected chi connectivity index (χ2v) is 3.99. The monoisotopic (exact) mass is 265 g/mol. The summed E-state index contributed by atoms with van der Waals surface area (Å²) in [6.45, 7) is 3.13. The Morgan fingerprint density at radius 2 is 2.26 bits per heavy atom. The summed E-state index contributed by atoms with van der Waals surface area (Å²) in [5, 5.41) is 11.3. The van der Waals surface area contributed by atoms with E-state index in [2.05, 4.69) is 15.5 Å². The Kier molecular flexibility index (Phi) is 4.40. The molecule has 0 fully saturated rings. The number of nitrogens with zero attached hydrogens (tertiary/aromatic N) is 4. The van der Waals surface area contributed by atoms with Crippen molar-refractivity contribution >= 4 is 0 Å². The number of aromatic nitrogens is 4. The van der Waals surface area contributed by atoms with E-state index in [1.807, 2.05) is 6.92 Å². The Labute approximate surface area is 110 Å². The fraction of sp³-hybridized carbons (Fsp3) is 0.417. The number of hydrogen-bond donors (Lipinski definition) is 1. The smallest absolute Gasteiger partial charge is 0.165 e. The van der Waals surface area contributed by atoms with Crippen molar-refractivity contribution in [3.63, 3.8) is 0 Å². The Balaban J connectivity index is 2.14. The molecular weight excluding hydrogens is 249 g/mol. The first-order chi connectivity index (χ1) is 9.24. The highest BCUT2D eigenvalue weighted by Gasteiger charge is 2.08. The highest BCUT2D eigenvalue weighted by molar-refractivity contribution is 5.29. The lowest BCUT2D eigenvalue weighted by Gasteiger charge is -2.07. The van der Waals surface area contributed by atoms with E-state index in [1.165, 1.54) is 6.07 Å². The molecule has 0 aliphatic heterocycles. The molecule has 0 saturated heterocycles. The van der Waals surface area contributed by atoms with E-state index in [0.29, 0.717) is 31.9 Å². The van der Waals surface area contributed by atoms with Crippen molar-refractivity contribution in [3.05, 3.63) is 35.4 Å². The van der Waals surface area contributed by atoms with Gasteiger partial charge in [-0.1, -0.05) is 6.07 Å². The molecule has 0 amide bonds.